The van der Waals surface area contributed by atoms with E-state index in [2.05, 4.69) is 31.4 Å². The van der Waals surface area contributed by atoms with Gasteiger partial charge in [0.2, 0.25) is 5.91 Å². The van der Waals surface area contributed by atoms with Gasteiger partial charge in [0.15, 0.2) is 0 Å². The van der Waals surface area contributed by atoms with Gasteiger partial charge in [-0.1, -0.05) is 46.3 Å². The zero-order valence-electron chi connectivity index (χ0n) is 16.4. The van der Waals surface area contributed by atoms with E-state index < -0.39 is 0 Å². The Labute approximate surface area is 182 Å². The molecule has 2 N–H and O–H groups in total. The quantitative estimate of drug-likeness (QED) is 0.579. The third-order valence-electron chi connectivity index (χ3n) is 4.91. The van der Waals surface area contributed by atoms with Crippen LogP contribution in [-0.4, -0.2) is 40.0 Å². The van der Waals surface area contributed by atoms with E-state index >= 15 is 0 Å². The first-order chi connectivity index (χ1) is 14.5. The maximum Gasteiger partial charge on any atom is 0.272 e. The molecule has 2 heterocycles. The van der Waals surface area contributed by atoms with Crippen molar-refractivity contribution in [1.82, 2.24) is 20.4 Å². The van der Waals surface area contributed by atoms with E-state index in [4.69, 9.17) is 4.74 Å². The van der Waals surface area contributed by atoms with Crippen molar-refractivity contribution in [2.75, 3.05) is 13.1 Å². The smallest absolute Gasteiger partial charge is 0.272 e. The Bertz CT molecular complexity index is 1080. The molecule has 0 saturated carbocycles. The average Bonchev–Trinajstić information content (AvgIpc) is 3.17. The third kappa shape index (κ3) is 4.23. The Balaban J connectivity index is 1.62. The first-order valence-electron chi connectivity index (χ1n) is 9.60. The first-order valence-corrected chi connectivity index (χ1v) is 10.4. The highest BCUT2D eigenvalue weighted by Gasteiger charge is 2.29. The lowest BCUT2D eigenvalue weighted by molar-refractivity contribution is -0.119. The lowest BCUT2D eigenvalue weighted by atomic mass is 10.0. The molecule has 7 nitrogen and oxygen atoms in total. The van der Waals surface area contributed by atoms with Gasteiger partial charge in [-0.25, -0.2) is 0 Å². The van der Waals surface area contributed by atoms with Crippen molar-refractivity contribution < 1.29 is 14.3 Å². The van der Waals surface area contributed by atoms with Crippen LogP contribution in [0.25, 0.3) is 11.3 Å². The number of halogens is 1. The minimum absolute atomic E-state index is 0.128. The number of amides is 2. The highest BCUT2D eigenvalue weighted by molar-refractivity contribution is 9.10. The zero-order valence-corrected chi connectivity index (χ0v) is 18.0. The van der Waals surface area contributed by atoms with E-state index in [-0.39, 0.29) is 18.4 Å². The number of hydrogen-bond acceptors (Lipinski definition) is 4. The van der Waals surface area contributed by atoms with Gasteiger partial charge < -0.3 is 15.0 Å². The standard InChI is InChI=1S/C22H21BrN4O3/c1-14(28)24-9-10-27(12-15-5-3-2-4-6-15)22(29)21-18-13-30-19-8-7-16(23)11-17(19)20(18)25-26-21/h2-8,11H,9-10,12-13H2,1H3,(H,24,28)(H,25,26). The largest absolute Gasteiger partial charge is 0.488 e. The van der Waals surface area contributed by atoms with Gasteiger partial charge in [-0.3, -0.25) is 14.7 Å². The molecule has 0 atom stereocenters. The molecule has 0 bridgehead atoms. The van der Waals surface area contributed by atoms with Crippen molar-refractivity contribution >= 4 is 27.7 Å². The summed E-state index contributed by atoms with van der Waals surface area (Å²) in [5, 5.41) is 10.1. The molecule has 0 fully saturated rings. The van der Waals surface area contributed by atoms with Crippen LogP contribution in [0.5, 0.6) is 5.75 Å². The molecule has 1 aliphatic rings. The number of nitrogens with zero attached hydrogens (tertiary/aromatic N) is 2. The predicted octanol–water partition coefficient (Wildman–Crippen LogP) is 3.51. The van der Waals surface area contributed by atoms with Crippen molar-refractivity contribution in [2.45, 2.75) is 20.1 Å². The van der Waals surface area contributed by atoms with Crippen LogP contribution in [0.1, 0.15) is 28.5 Å². The number of benzene rings is 2. The van der Waals surface area contributed by atoms with E-state index in [1.807, 2.05) is 48.5 Å². The SMILES string of the molecule is CC(=O)NCCN(Cc1ccccc1)C(=O)c1[nH]nc2c1COc1ccc(Br)cc1-2. The Morgan fingerprint density at radius 1 is 1.23 bits per heavy atom. The average molecular weight is 469 g/mol. The van der Waals surface area contributed by atoms with E-state index in [0.717, 1.165) is 32.6 Å². The number of nitrogens with one attached hydrogen (secondary N) is 2. The predicted molar refractivity (Wildman–Crippen MR) is 116 cm³/mol. The third-order valence-corrected chi connectivity index (χ3v) is 5.40. The van der Waals surface area contributed by atoms with Gasteiger partial charge in [-0.05, 0) is 23.8 Å². The molecule has 0 spiro atoms. The number of aromatic amines is 1. The fourth-order valence-electron chi connectivity index (χ4n) is 3.45. The number of carbonyl (C=O) groups is 2. The summed E-state index contributed by atoms with van der Waals surface area (Å²) in [4.78, 5) is 26.4. The molecule has 30 heavy (non-hydrogen) atoms. The summed E-state index contributed by atoms with van der Waals surface area (Å²) >= 11 is 3.48. The van der Waals surface area contributed by atoms with Gasteiger partial charge in [0.25, 0.3) is 5.91 Å². The summed E-state index contributed by atoms with van der Waals surface area (Å²) in [5.74, 6) is 0.430. The summed E-state index contributed by atoms with van der Waals surface area (Å²) in [6, 6.07) is 15.5. The number of H-pyrrole nitrogens is 1. The van der Waals surface area contributed by atoms with Crippen molar-refractivity contribution in [1.29, 1.82) is 0 Å². The lowest BCUT2D eigenvalue weighted by Crippen LogP contribution is -2.38. The maximum absolute atomic E-state index is 13.4. The summed E-state index contributed by atoms with van der Waals surface area (Å²) in [5.41, 5.74) is 3.72. The molecular weight excluding hydrogens is 448 g/mol. The fourth-order valence-corrected chi connectivity index (χ4v) is 3.81. The van der Waals surface area contributed by atoms with Crippen molar-refractivity contribution in [3.63, 3.8) is 0 Å². The van der Waals surface area contributed by atoms with E-state index in [1.165, 1.54) is 6.92 Å². The van der Waals surface area contributed by atoms with E-state index in [0.29, 0.717) is 25.3 Å². The molecule has 2 amide bonds. The monoisotopic (exact) mass is 468 g/mol. The van der Waals surface area contributed by atoms with E-state index in [1.54, 1.807) is 4.90 Å². The minimum Gasteiger partial charge on any atom is -0.488 e. The Morgan fingerprint density at radius 2 is 2.03 bits per heavy atom. The second-order valence-electron chi connectivity index (χ2n) is 7.05. The number of fused-ring (bicyclic) bond motifs is 3. The molecule has 1 aromatic heterocycles. The molecule has 0 unspecified atom stereocenters. The van der Waals surface area contributed by atoms with Crippen LogP contribution in [0, 0.1) is 0 Å². The molecule has 3 aromatic rings. The highest BCUT2D eigenvalue weighted by Crippen LogP contribution is 2.39. The normalized spacial score (nSPS) is 11.8. The topological polar surface area (TPSA) is 87.3 Å². The molecule has 4 rings (SSSR count). The summed E-state index contributed by atoms with van der Waals surface area (Å²) in [6.45, 7) is 2.91. The molecular formula is C22H21BrN4O3. The van der Waals surface area contributed by atoms with Gasteiger partial charge in [0.1, 0.15) is 23.7 Å². The first kappa shape index (κ1) is 20.2. The fraction of sp³-hybridized carbons (Fsp3) is 0.227. The highest BCUT2D eigenvalue weighted by atomic mass is 79.9. The summed E-state index contributed by atoms with van der Waals surface area (Å²) < 4.78 is 6.77. The Kier molecular flexibility index (Phi) is 5.85. The molecule has 154 valence electrons. The van der Waals surface area contributed by atoms with Crippen molar-refractivity contribution in [3.05, 3.63) is 69.8 Å². The maximum atomic E-state index is 13.4. The minimum atomic E-state index is -0.181. The van der Waals surface area contributed by atoms with Crippen LogP contribution in [0.3, 0.4) is 0 Å². The number of aromatic nitrogens is 2. The van der Waals surface area contributed by atoms with E-state index in [9.17, 15) is 9.59 Å². The zero-order chi connectivity index (χ0) is 21.1. The molecule has 1 aliphatic heterocycles. The number of rotatable bonds is 6. The van der Waals surface area contributed by atoms with Crippen LogP contribution in [0.4, 0.5) is 0 Å². The molecule has 2 aromatic carbocycles. The second-order valence-corrected chi connectivity index (χ2v) is 7.97. The molecule has 0 radical (unpaired) electrons. The summed E-state index contributed by atoms with van der Waals surface area (Å²) in [7, 11) is 0. The lowest BCUT2D eigenvalue weighted by Gasteiger charge is -2.24. The van der Waals surface area contributed by atoms with Crippen LogP contribution >= 0.6 is 15.9 Å². The number of ether oxygens (including phenoxy) is 1. The van der Waals surface area contributed by atoms with Crippen LogP contribution in [0.2, 0.25) is 0 Å². The molecule has 8 heteroatoms. The van der Waals surface area contributed by atoms with Crippen LogP contribution in [0.15, 0.2) is 53.0 Å². The number of hydrogen-bond donors (Lipinski definition) is 2. The second kappa shape index (κ2) is 8.71. The van der Waals surface area contributed by atoms with Crippen molar-refractivity contribution in [3.8, 4) is 17.0 Å². The van der Waals surface area contributed by atoms with Gasteiger partial charge >= 0.3 is 0 Å². The Morgan fingerprint density at radius 3 is 2.80 bits per heavy atom. The Hall–Kier alpha value is -3.13. The number of carbonyl (C=O) groups excluding carboxylic acids is 2. The molecule has 0 aliphatic carbocycles. The van der Waals surface area contributed by atoms with Gasteiger partial charge in [-0.2, -0.15) is 5.10 Å². The van der Waals surface area contributed by atoms with Crippen LogP contribution < -0.4 is 10.1 Å². The van der Waals surface area contributed by atoms with Gasteiger partial charge in [0, 0.05) is 42.2 Å². The van der Waals surface area contributed by atoms with Gasteiger partial charge in [0.05, 0.1) is 0 Å². The van der Waals surface area contributed by atoms with Crippen molar-refractivity contribution in [2.24, 2.45) is 0 Å². The van der Waals surface area contributed by atoms with Crippen LogP contribution in [-0.2, 0) is 17.9 Å². The summed E-state index contributed by atoms with van der Waals surface area (Å²) in [6.07, 6.45) is 0. The molecule has 0 saturated heterocycles. The van der Waals surface area contributed by atoms with Gasteiger partial charge in [-0.15, -0.1) is 0 Å².